The second-order valence-corrected chi connectivity index (χ2v) is 7.04. The largest absolute Gasteiger partial charge is 0.465 e. The number of methoxy groups -OCH3 is 1. The van der Waals surface area contributed by atoms with Crippen LogP contribution in [0.25, 0.3) is 10.9 Å². The molecule has 3 rings (SSSR count). The van der Waals surface area contributed by atoms with Crippen LogP contribution < -0.4 is 10.9 Å². The van der Waals surface area contributed by atoms with Crippen molar-refractivity contribution in [2.24, 2.45) is 0 Å². The first-order chi connectivity index (χ1) is 13.0. The molecule has 0 aliphatic heterocycles. The normalized spacial score (nSPS) is 11.8. The van der Waals surface area contributed by atoms with Crippen LogP contribution in [0.1, 0.15) is 17.3 Å². The van der Waals surface area contributed by atoms with Crippen molar-refractivity contribution in [2.75, 3.05) is 12.4 Å². The number of anilines is 1. The van der Waals surface area contributed by atoms with Gasteiger partial charge >= 0.3 is 5.97 Å². The molecule has 3 aromatic rings. The molecule has 0 radical (unpaired) electrons. The third kappa shape index (κ3) is 4.35. The van der Waals surface area contributed by atoms with Crippen molar-refractivity contribution >= 4 is 40.2 Å². The lowest BCUT2D eigenvalue weighted by molar-refractivity contribution is -0.115. The van der Waals surface area contributed by atoms with Gasteiger partial charge in [-0.15, -0.1) is 0 Å². The summed E-state index contributed by atoms with van der Waals surface area (Å²) in [6.07, 6.45) is 0. The lowest BCUT2D eigenvalue weighted by atomic mass is 10.2. The van der Waals surface area contributed by atoms with Gasteiger partial charge in [0.1, 0.15) is 0 Å². The van der Waals surface area contributed by atoms with E-state index >= 15 is 0 Å². The predicted molar refractivity (Wildman–Crippen MR) is 104 cm³/mol. The molecule has 1 heterocycles. The van der Waals surface area contributed by atoms with Crippen LogP contribution in [-0.2, 0) is 9.53 Å². The zero-order valence-corrected chi connectivity index (χ0v) is 15.5. The molecule has 138 valence electrons. The maximum Gasteiger partial charge on any atom is 0.337 e. The Kier molecular flexibility index (Phi) is 5.56. The summed E-state index contributed by atoms with van der Waals surface area (Å²) in [5.41, 5.74) is 1.29. The topological polar surface area (TPSA) is 101 Å². The Morgan fingerprint density at radius 1 is 1.15 bits per heavy atom. The third-order valence-electron chi connectivity index (χ3n) is 3.82. The first-order valence-electron chi connectivity index (χ1n) is 8.13. The van der Waals surface area contributed by atoms with Gasteiger partial charge in [-0.1, -0.05) is 23.9 Å². The number of hydrogen-bond donors (Lipinski definition) is 2. The van der Waals surface area contributed by atoms with Gasteiger partial charge in [0, 0.05) is 5.69 Å². The Morgan fingerprint density at radius 2 is 1.85 bits per heavy atom. The van der Waals surface area contributed by atoms with E-state index in [1.165, 1.54) is 7.11 Å². The van der Waals surface area contributed by atoms with Crippen molar-refractivity contribution < 1.29 is 14.3 Å². The number of para-hydroxylation sites is 1. The van der Waals surface area contributed by atoms with E-state index in [0.717, 1.165) is 11.8 Å². The summed E-state index contributed by atoms with van der Waals surface area (Å²) in [6, 6.07) is 13.4. The first kappa shape index (κ1) is 18.7. The van der Waals surface area contributed by atoms with Gasteiger partial charge in [0.2, 0.25) is 5.91 Å². The van der Waals surface area contributed by atoms with Crippen molar-refractivity contribution in [1.29, 1.82) is 0 Å². The minimum atomic E-state index is -0.491. The van der Waals surface area contributed by atoms with Gasteiger partial charge in [-0.05, 0) is 43.3 Å². The van der Waals surface area contributed by atoms with E-state index in [2.05, 4.69) is 20.0 Å². The number of aromatic nitrogens is 2. The highest BCUT2D eigenvalue weighted by atomic mass is 32.2. The van der Waals surface area contributed by atoms with Gasteiger partial charge in [0.25, 0.3) is 5.56 Å². The first-order valence-corrected chi connectivity index (χ1v) is 9.01. The summed E-state index contributed by atoms with van der Waals surface area (Å²) >= 11 is 1.16. The Morgan fingerprint density at radius 3 is 2.56 bits per heavy atom. The van der Waals surface area contributed by atoms with Gasteiger partial charge < -0.3 is 15.0 Å². The molecule has 0 unspecified atom stereocenters. The van der Waals surface area contributed by atoms with Gasteiger partial charge in [0.05, 0.1) is 28.8 Å². The number of esters is 1. The smallest absolute Gasteiger partial charge is 0.337 e. The fraction of sp³-hybridized carbons (Fsp3) is 0.158. The quantitative estimate of drug-likeness (QED) is 0.399. The summed E-state index contributed by atoms with van der Waals surface area (Å²) in [7, 11) is 1.31. The van der Waals surface area contributed by atoms with E-state index in [4.69, 9.17) is 0 Å². The predicted octanol–water partition coefficient (Wildman–Crippen LogP) is 2.83. The zero-order chi connectivity index (χ0) is 19.4. The van der Waals surface area contributed by atoms with Crippen molar-refractivity contribution in [1.82, 2.24) is 9.97 Å². The van der Waals surface area contributed by atoms with E-state index in [-0.39, 0.29) is 11.5 Å². The summed E-state index contributed by atoms with van der Waals surface area (Å²) in [5, 5.41) is 3.16. The zero-order valence-electron chi connectivity index (χ0n) is 14.7. The SMILES string of the molecule is COC(=O)c1ccc(NC(=O)[C@H](C)Sc2nc3ccccc3c(=O)[nH]2)cc1. The minimum Gasteiger partial charge on any atom is -0.465 e. The summed E-state index contributed by atoms with van der Waals surface area (Å²) in [4.78, 5) is 43.0. The number of fused-ring (bicyclic) bond motifs is 1. The minimum absolute atomic E-state index is 0.242. The highest BCUT2D eigenvalue weighted by Gasteiger charge is 2.17. The lowest BCUT2D eigenvalue weighted by Gasteiger charge is -2.12. The average Bonchev–Trinajstić information content (AvgIpc) is 2.68. The molecule has 2 aromatic carbocycles. The summed E-state index contributed by atoms with van der Waals surface area (Å²) < 4.78 is 4.64. The summed E-state index contributed by atoms with van der Waals surface area (Å²) in [5.74, 6) is -0.690. The highest BCUT2D eigenvalue weighted by molar-refractivity contribution is 8.00. The number of carbonyl (C=O) groups is 2. The number of nitrogens with zero attached hydrogens (tertiary/aromatic N) is 1. The number of rotatable bonds is 5. The maximum atomic E-state index is 12.4. The number of carbonyl (C=O) groups excluding carboxylic acids is 2. The maximum absolute atomic E-state index is 12.4. The van der Waals surface area contributed by atoms with Crippen LogP contribution >= 0.6 is 11.8 Å². The molecule has 0 aliphatic carbocycles. The Balaban J connectivity index is 1.69. The van der Waals surface area contributed by atoms with Crippen LogP contribution in [-0.4, -0.2) is 34.2 Å². The highest BCUT2D eigenvalue weighted by Crippen LogP contribution is 2.21. The molecule has 0 aliphatic rings. The van der Waals surface area contributed by atoms with Gasteiger partial charge in [0.15, 0.2) is 5.16 Å². The van der Waals surface area contributed by atoms with E-state index in [1.54, 1.807) is 55.5 Å². The molecule has 1 atom stereocenters. The second-order valence-electron chi connectivity index (χ2n) is 5.71. The van der Waals surface area contributed by atoms with Crippen LogP contribution in [0, 0.1) is 0 Å². The molecular weight excluding hydrogens is 366 g/mol. The van der Waals surface area contributed by atoms with Gasteiger partial charge in [-0.2, -0.15) is 0 Å². The Hall–Kier alpha value is -3.13. The van der Waals surface area contributed by atoms with E-state index in [1.807, 2.05) is 0 Å². The van der Waals surface area contributed by atoms with Crippen LogP contribution in [0.3, 0.4) is 0 Å². The van der Waals surface area contributed by atoms with Gasteiger partial charge in [-0.3, -0.25) is 9.59 Å². The molecule has 27 heavy (non-hydrogen) atoms. The van der Waals surface area contributed by atoms with E-state index < -0.39 is 11.2 Å². The molecule has 0 fully saturated rings. The molecule has 0 bridgehead atoms. The Labute approximate surface area is 159 Å². The molecule has 2 N–H and O–H groups in total. The molecule has 8 heteroatoms. The summed E-state index contributed by atoms with van der Waals surface area (Å²) in [6.45, 7) is 1.72. The van der Waals surface area contributed by atoms with Gasteiger partial charge in [-0.25, -0.2) is 9.78 Å². The average molecular weight is 383 g/mol. The van der Waals surface area contributed by atoms with Crippen LogP contribution in [0.2, 0.25) is 0 Å². The van der Waals surface area contributed by atoms with Crippen molar-refractivity contribution in [2.45, 2.75) is 17.3 Å². The van der Waals surface area contributed by atoms with E-state index in [9.17, 15) is 14.4 Å². The number of benzene rings is 2. The molecule has 7 nitrogen and oxygen atoms in total. The number of nitrogens with one attached hydrogen (secondary N) is 2. The number of amides is 1. The molecular formula is C19H17N3O4S. The van der Waals surface area contributed by atoms with Crippen LogP contribution in [0.5, 0.6) is 0 Å². The number of thioether (sulfide) groups is 1. The Bertz CT molecular complexity index is 1050. The van der Waals surface area contributed by atoms with Crippen molar-refractivity contribution in [3.05, 3.63) is 64.4 Å². The number of H-pyrrole nitrogens is 1. The standard InChI is InChI=1S/C19H17N3O4S/c1-11(16(23)20-13-9-7-12(8-10-13)18(25)26-2)27-19-21-15-6-4-3-5-14(15)17(24)22-19/h3-11H,1-2H3,(H,20,23)(H,21,22,24)/t11-/m0/s1. The van der Waals surface area contributed by atoms with Crippen LogP contribution in [0.4, 0.5) is 5.69 Å². The van der Waals surface area contributed by atoms with E-state index in [0.29, 0.717) is 27.3 Å². The third-order valence-corrected chi connectivity index (χ3v) is 4.81. The van der Waals surface area contributed by atoms with Crippen molar-refractivity contribution in [3.63, 3.8) is 0 Å². The number of hydrogen-bond acceptors (Lipinski definition) is 6. The molecule has 1 aromatic heterocycles. The van der Waals surface area contributed by atoms with Crippen LogP contribution in [0.15, 0.2) is 58.5 Å². The second kappa shape index (κ2) is 8.05. The fourth-order valence-electron chi connectivity index (χ4n) is 2.39. The lowest BCUT2D eigenvalue weighted by Crippen LogP contribution is -2.23. The molecule has 0 saturated carbocycles. The molecule has 0 saturated heterocycles. The molecule has 0 spiro atoms. The monoisotopic (exact) mass is 383 g/mol. The number of ether oxygens (including phenoxy) is 1. The number of aromatic amines is 1. The fourth-order valence-corrected chi connectivity index (χ4v) is 3.20. The molecule has 1 amide bonds. The van der Waals surface area contributed by atoms with Crippen molar-refractivity contribution in [3.8, 4) is 0 Å².